The van der Waals surface area contributed by atoms with Crippen LogP contribution in [0, 0.1) is 0 Å². The van der Waals surface area contributed by atoms with E-state index in [1.165, 1.54) is 4.90 Å². The van der Waals surface area contributed by atoms with Crippen molar-refractivity contribution < 1.29 is 23.9 Å². The number of rotatable bonds is 3. The van der Waals surface area contributed by atoms with Crippen LogP contribution in [-0.4, -0.2) is 70.3 Å². The molecular weight excluding hydrogens is 352 g/mol. The maximum absolute atomic E-state index is 12.8. The third-order valence-electron chi connectivity index (χ3n) is 5.12. The molecule has 2 aromatic rings. The molecule has 3 amide bonds. The van der Waals surface area contributed by atoms with Gasteiger partial charge in [-0.3, -0.25) is 9.59 Å². The van der Waals surface area contributed by atoms with Gasteiger partial charge in [0.05, 0.1) is 18.0 Å². The molecule has 2 aliphatic heterocycles. The van der Waals surface area contributed by atoms with Crippen LogP contribution < -0.4 is 4.74 Å². The van der Waals surface area contributed by atoms with Crippen LogP contribution in [0.15, 0.2) is 18.2 Å². The monoisotopic (exact) mass is 372 g/mol. The van der Waals surface area contributed by atoms with Crippen molar-refractivity contribution >= 4 is 28.8 Å². The first-order chi connectivity index (χ1) is 13.0. The molecule has 3 heterocycles. The Kier molecular flexibility index (Phi) is 4.21. The summed E-state index contributed by atoms with van der Waals surface area (Å²) in [6.07, 6.45) is 0.512. The number of likely N-dealkylation sites (tertiary alicyclic amines) is 1. The number of carbonyl (C=O) groups excluding carboxylic acids is 3. The minimum absolute atomic E-state index is 0.0877. The first-order valence-corrected chi connectivity index (χ1v) is 8.78. The summed E-state index contributed by atoms with van der Waals surface area (Å²) < 4.78 is 11.7. The van der Waals surface area contributed by atoms with Crippen LogP contribution in [0.1, 0.15) is 23.2 Å². The van der Waals surface area contributed by atoms with E-state index in [0.29, 0.717) is 42.9 Å². The lowest BCUT2D eigenvalue weighted by atomic mass is 10.0. The Hall–Kier alpha value is -3.10. The summed E-state index contributed by atoms with van der Waals surface area (Å²) in [5.41, 5.74) is 1.25. The zero-order valence-corrected chi connectivity index (χ0v) is 15.2. The second-order valence-electron chi connectivity index (χ2n) is 6.71. The predicted molar refractivity (Wildman–Crippen MR) is 94.4 cm³/mol. The summed E-state index contributed by atoms with van der Waals surface area (Å²) in [7, 11) is 3.37. The van der Waals surface area contributed by atoms with Gasteiger partial charge >= 0.3 is 6.09 Å². The molecule has 0 atom stereocenters. The lowest BCUT2D eigenvalue weighted by Crippen LogP contribution is -2.48. The van der Waals surface area contributed by atoms with Crippen LogP contribution in [-0.2, 0) is 16.6 Å². The van der Waals surface area contributed by atoms with Crippen LogP contribution in [0.5, 0.6) is 5.88 Å². The van der Waals surface area contributed by atoms with E-state index < -0.39 is 6.09 Å². The molecule has 9 heteroatoms. The molecule has 2 aliphatic rings. The minimum Gasteiger partial charge on any atom is -0.481 e. The van der Waals surface area contributed by atoms with E-state index in [4.69, 9.17) is 9.47 Å². The third kappa shape index (κ3) is 2.88. The summed E-state index contributed by atoms with van der Waals surface area (Å²) in [6.45, 7) is 0.764. The van der Waals surface area contributed by atoms with Gasteiger partial charge in [0.25, 0.3) is 11.8 Å². The highest BCUT2D eigenvalue weighted by Gasteiger charge is 2.39. The Morgan fingerprint density at radius 3 is 2.63 bits per heavy atom. The fourth-order valence-electron chi connectivity index (χ4n) is 3.78. The molecule has 1 aromatic heterocycles. The number of carbonyl (C=O) groups is 3. The molecule has 27 heavy (non-hydrogen) atoms. The molecule has 0 bridgehead atoms. The normalized spacial score (nSPS) is 18.3. The molecule has 0 unspecified atom stereocenters. The number of fused-ring (bicyclic) bond motifs is 1. The van der Waals surface area contributed by atoms with Crippen LogP contribution in [0.2, 0.25) is 0 Å². The summed E-state index contributed by atoms with van der Waals surface area (Å²) >= 11 is 0. The van der Waals surface area contributed by atoms with E-state index in [1.807, 2.05) is 6.07 Å². The van der Waals surface area contributed by atoms with E-state index in [9.17, 15) is 14.4 Å². The molecule has 0 saturated carbocycles. The van der Waals surface area contributed by atoms with Gasteiger partial charge in [0.1, 0.15) is 0 Å². The number of methoxy groups -OCH3 is 1. The maximum atomic E-state index is 12.8. The van der Waals surface area contributed by atoms with Gasteiger partial charge in [-0.1, -0.05) is 0 Å². The molecule has 0 radical (unpaired) electrons. The SMILES string of the molecule is COc1c2ccc(C(=O)N3CCC(N4C(=O)COC4=O)CC3)cc2nn1C. The summed E-state index contributed by atoms with van der Waals surface area (Å²) in [5, 5.41) is 5.23. The molecule has 1 aromatic carbocycles. The standard InChI is InChI=1S/C18H20N4O5/c1-20-17(26-2)13-4-3-11(9-14(13)19-20)16(24)21-7-5-12(6-8-21)22-15(23)10-27-18(22)25/h3-4,9,12H,5-8,10H2,1-2H3. The molecule has 2 fully saturated rings. The summed E-state index contributed by atoms with van der Waals surface area (Å²) in [4.78, 5) is 39.2. The predicted octanol–water partition coefficient (Wildman–Crippen LogP) is 1.17. The first kappa shape index (κ1) is 17.3. The lowest BCUT2D eigenvalue weighted by molar-refractivity contribution is -0.127. The number of nitrogens with zero attached hydrogens (tertiary/aromatic N) is 4. The average molecular weight is 372 g/mol. The van der Waals surface area contributed by atoms with Crippen LogP contribution in [0.4, 0.5) is 4.79 Å². The highest BCUT2D eigenvalue weighted by molar-refractivity contribution is 5.99. The topological polar surface area (TPSA) is 94.0 Å². The molecular formula is C18H20N4O5. The number of aryl methyl sites for hydroxylation is 1. The van der Waals surface area contributed by atoms with Gasteiger partial charge in [-0.15, -0.1) is 0 Å². The fraction of sp³-hybridized carbons (Fsp3) is 0.444. The van der Waals surface area contributed by atoms with Crippen LogP contribution >= 0.6 is 0 Å². The molecule has 0 N–H and O–H groups in total. The number of hydrogen-bond donors (Lipinski definition) is 0. The summed E-state index contributed by atoms with van der Waals surface area (Å²) in [5.74, 6) is 0.251. The molecule has 142 valence electrons. The number of hydrogen-bond acceptors (Lipinski definition) is 6. The average Bonchev–Trinajstić information content (AvgIpc) is 3.18. The van der Waals surface area contributed by atoms with Crippen molar-refractivity contribution in [2.24, 2.45) is 7.05 Å². The highest BCUT2D eigenvalue weighted by Crippen LogP contribution is 2.27. The molecule has 9 nitrogen and oxygen atoms in total. The highest BCUT2D eigenvalue weighted by atomic mass is 16.6. The second-order valence-corrected chi connectivity index (χ2v) is 6.71. The second kappa shape index (κ2) is 6.57. The van der Waals surface area contributed by atoms with Crippen molar-refractivity contribution in [3.63, 3.8) is 0 Å². The van der Waals surface area contributed by atoms with E-state index in [-0.39, 0.29) is 24.5 Å². The largest absolute Gasteiger partial charge is 0.481 e. The number of benzene rings is 1. The fourth-order valence-corrected chi connectivity index (χ4v) is 3.78. The van der Waals surface area contributed by atoms with Gasteiger partial charge in [-0.2, -0.15) is 5.10 Å². The zero-order chi connectivity index (χ0) is 19.1. The number of aromatic nitrogens is 2. The number of piperidine rings is 1. The van der Waals surface area contributed by atoms with Crippen LogP contribution in [0.3, 0.4) is 0 Å². The lowest BCUT2D eigenvalue weighted by Gasteiger charge is -2.34. The first-order valence-electron chi connectivity index (χ1n) is 8.78. The van der Waals surface area contributed by atoms with E-state index in [1.54, 1.807) is 35.9 Å². The van der Waals surface area contributed by atoms with Crippen LogP contribution in [0.25, 0.3) is 10.9 Å². The van der Waals surface area contributed by atoms with Crippen molar-refractivity contribution in [3.8, 4) is 5.88 Å². The van der Waals surface area contributed by atoms with Crippen molar-refractivity contribution in [3.05, 3.63) is 23.8 Å². The third-order valence-corrected chi connectivity index (χ3v) is 5.12. The Morgan fingerprint density at radius 1 is 1.26 bits per heavy atom. The molecule has 2 saturated heterocycles. The van der Waals surface area contributed by atoms with Gasteiger partial charge in [-0.25, -0.2) is 14.4 Å². The molecule has 0 spiro atoms. The van der Waals surface area contributed by atoms with Crippen molar-refractivity contribution in [1.29, 1.82) is 0 Å². The molecule has 4 rings (SSSR count). The minimum atomic E-state index is -0.584. The van der Waals surface area contributed by atoms with Crippen molar-refractivity contribution in [1.82, 2.24) is 19.6 Å². The number of ether oxygens (including phenoxy) is 2. The van der Waals surface area contributed by atoms with Crippen molar-refractivity contribution in [2.45, 2.75) is 18.9 Å². The molecule has 0 aliphatic carbocycles. The van der Waals surface area contributed by atoms with Gasteiger partial charge in [0.2, 0.25) is 5.88 Å². The Bertz CT molecular complexity index is 913. The quantitative estimate of drug-likeness (QED) is 0.803. The smallest absolute Gasteiger partial charge is 0.417 e. The maximum Gasteiger partial charge on any atom is 0.417 e. The number of imide groups is 1. The Morgan fingerprint density at radius 2 is 2.00 bits per heavy atom. The van der Waals surface area contributed by atoms with Gasteiger partial charge in [-0.05, 0) is 31.0 Å². The zero-order valence-electron chi connectivity index (χ0n) is 15.2. The summed E-state index contributed by atoms with van der Waals surface area (Å²) in [6, 6.07) is 5.15. The van der Waals surface area contributed by atoms with Gasteiger partial charge < -0.3 is 14.4 Å². The van der Waals surface area contributed by atoms with E-state index in [0.717, 1.165) is 5.39 Å². The Balaban J connectivity index is 1.47. The van der Waals surface area contributed by atoms with E-state index >= 15 is 0 Å². The van der Waals surface area contributed by atoms with Crippen molar-refractivity contribution in [2.75, 3.05) is 26.8 Å². The number of amides is 3. The Labute approximate surface area is 155 Å². The van der Waals surface area contributed by atoms with Gasteiger partial charge in [0, 0.05) is 31.7 Å². The van der Waals surface area contributed by atoms with E-state index in [2.05, 4.69) is 5.10 Å². The van der Waals surface area contributed by atoms with Gasteiger partial charge in [0.15, 0.2) is 6.61 Å². The number of cyclic esters (lactones) is 1.